The van der Waals surface area contributed by atoms with Gasteiger partial charge in [-0.3, -0.25) is 5.32 Å². The number of hydrogen-bond acceptors (Lipinski definition) is 6. The van der Waals surface area contributed by atoms with E-state index in [9.17, 15) is 9.90 Å². The van der Waals surface area contributed by atoms with Crippen molar-refractivity contribution in [1.82, 2.24) is 15.5 Å². The minimum absolute atomic E-state index is 0.0548. The molecule has 0 atom stereocenters. The third kappa shape index (κ3) is 3.22. The van der Waals surface area contributed by atoms with Gasteiger partial charge in [-0.2, -0.15) is 0 Å². The normalized spacial score (nSPS) is 16.2. The van der Waals surface area contributed by atoms with E-state index in [2.05, 4.69) is 20.8 Å². The summed E-state index contributed by atoms with van der Waals surface area (Å²) >= 11 is 1.24. The fourth-order valence-electron chi connectivity index (χ4n) is 3.20. The van der Waals surface area contributed by atoms with Crippen LogP contribution in [0.4, 0.5) is 9.93 Å². The second-order valence-corrected chi connectivity index (χ2v) is 7.26. The third-order valence-electron chi connectivity index (χ3n) is 4.52. The first-order valence-corrected chi connectivity index (χ1v) is 9.02. The molecule has 3 N–H and O–H groups in total. The van der Waals surface area contributed by atoms with Crippen molar-refractivity contribution >= 4 is 33.5 Å². The number of rotatable bonds is 4. The number of nitrogens with one attached hydrogen (secondary N) is 2. The Kier molecular flexibility index (Phi) is 4.14. The maximum absolute atomic E-state index is 12.2. The molecule has 1 aliphatic rings. The first-order chi connectivity index (χ1) is 12.2. The number of aromatic nitrogens is 2. The van der Waals surface area contributed by atoms with E-state index in [1.54, 1.807) is 0 Å². The highest BCUT2D eigenvalue weighted by molar-refractivity contribution is 7.18. The van der Waals surface area contributed by atoms with E-state index in [-0.39, 0.29) is 12.6 Å². The molecule has 8 heteroatoms. The topological polar surface area (TPSA) is 100 Å². The van der Waals surface area contributed by atoms with E-state index in [1.165, 1.54) is 11.3 Å². The predicted octanol–water partition coefficient (Wildman–Crippen LogP) is 3.38. The summed E-state index contributed by atoms with van der Waals surface area (Å²) in [6, 6.07) is 9.24. The highest BCUT2D eigenvalue weighted by atomic mass is 32.1. The average Bonchev–Trinajstić information content (AvgIpc) is 3.33. The van der Waals surface area contributed by atoms with E-state index in [1.807, 2.05) is 30.3 Å². The van der Waals surface area contributed by atoms with E-state index in [4.69, 9.17) is 4.42 Å². The van der Waals surface area contributed by atoms with E-state index in [0.717, 1.165) is 36.7 Å². The number of fused-ring (bicyclic) bond motifs is 1. The summed E-state index contributed by atoms with van der Waals surface area (Å²) in [5.41, 5.74) is 0.266. The summed E-state index contributed by atoms with van der Waals surface area (Å²) < 4.78 is 5.76. The van der Waals surface area contributed by atoms with Crippen LogP contribution in [0.5, 0.6) is 0 Å². The molecule has 4 rings (SSSR count). The zero-order chi connectivity index (χ0) is 17.3. The number of amides is 2. The molecule has 0 spiro atoms. The lowest BCUT2D eigenvalue weighted by atomic mass is 9.99. The lowest BCUT2D eigenvalue weighted by Crippen LogP contribution is -2.50. The molecule has 0 aliphatic heterocycles. The third-order valence-corrected chi connectivity index (χ3v) is 5.38. The van der Waals surface area contributed by atoms with E-state index < -0.39 is 5.54 Å². The molecule has 2 amide bonds. The lowest BCUT2D eigenvalue weighted by Gasteiger charge is -2.27. The van der Waals surface area contributed by atoms with Crippen LogP contribution in [0.1, 0.15) is 25.7 Å². The molecule has 7 nitrogen and oxygen atoms in total. The Labute approximate surface area is 148 Å². The van der Waals surface area contributed by atoms with Crippen LogP contribution in [-0.2, 0) is 0 Å². The molecule has 0 bridgehead atoms. The summed E-state index contributed by atoms with van der Waals surface area (Å²) in [5, 5.41) is 25.2. The molecule has 3 aromatic rings. The molecule has 1 saturated carbocycles. The minimum atomic E-state index is -0.518. The number of para-hydroxylation sites is 1. The van der Waals surface area contributed by atoms with Crippen LogP contribution >= 0.6 is 11.3 Å². The summed E-state index contributed by atoms with van der Waals surface area (Å²) in [6.07, 6.45) is 3.60. The molecular formula is C17H18N4O3S. The van der Waals surface area contributed by atoms with Crippen molar-refractivity contribution in [3.8, 4) is 10.8 Å². The number of carbonyl (C=O) groups excluding carboxylic acids is 1. The maximum Gasteiger partial charge on any atom is 0.321 e. The van der Waals surface area contributed by atoms with Crippen molar-refractivity contribution in [2.24, 2.45) is 0 Å². The number of aliphatic hydroxyl groups excluding tert-OH is 1. The zero-order valence-corrected chi connectivity index (χ0v) is 14.3. The van der Waals surface area contributed by atoms with Gasteiger partial charge in [-0.05, 0) is 25.0 Å². The lowest BCUT2D eigenvalue weighted by molar-refractivity contribution is 0.167. The molecule has 1 fully saturated rings. The zero-order valence-electron chi connectivity index (χ0n) is 13.5. The average molecular weight is 358 g/mol. The van der Waals surface area contributed by atoms with Gasteiger partial charge in [0, 0.05) is 5.39 Å². The largest absolute Gasteiger partial charge is 0.453 e. The Bertz CT molecular complexity index is 865. The first-order valence-electron chi connectivity index (χ1n) is 8.20. The van der Waals surface area contributed by atoms with Crippen LogP contribution in [0.15, 0.2) is 34.7 Å². The quantitative estimate of drug-likeness (QED) is 0.664. The predicted molar refractivity (Wildman–Crippen MR) is 95.6 cm³/mol. The second kappa shape index (κ2) is 6.45. The van der Waals surface area contributed by atoms with E-state index in [0.29, 0.717) is 15.9 Å². The van der Waals surface area contributed by atoms with Crippen molar-refractivity contribution in [3.63, 3.8) is 0 Å². The Balaban J connectivity index is 1.46. The van der Waals surface area contributed by atoms with Crippen LogP contribution in [0, 0.1) is 0 Å². The van der Waals surface area contributed by atoms with Gasteiger partial charge in [0.1, 0.15) is 5.58 Å². The molecule has 1 aromatic carbocycles. The number of furan rings is 1. The van der Waals surface area contributed by atoms with Gasteiger partial charge >= 0.3 is 6.03 Å². The molecular weight excluding hydrogens is 340 g/mol. The molecule has 2 aromatic heterocycles. The Morgan fingerprint density at radius 1 is 1.28 bits per heavy atom. The van der Waals surface area contributed by atoms with Gasteiger partial charge in [0.25, 0.3) is 0 Å². The number of carbonyl (C=O) groups is 1. The fraction of sp³-hybridized carbons (Fsp3) is 0.353. The van der Waals surface area contributed by atoms with Gasteiger partial charge in [-0.1, -0.05) is 42.4 Å². The number of aliphatic hydroxyl groups is 1. The molecule has 130 valence electrons. The summed E-state index contributed by atoms with van der Waals surface area (Å²) in [7, 11) is 0. The molecule has 1 aliphatic carbocycles. The van der Waals surface area contributed by atoms with Crippen LogP contribution in [0.3, 0.4) is 0 Å². The smallest absolute Gasteiger partial charge is 0.321 e. The number of urea groups is 1. The van der Waals surface area contributed by atoms with Crippen molar-refractivity contribution in [2.45, 2.75) is 31.2 Å². The number of anilines is 1. The van der Waals surface area contributed by atoms with Gasteiger partial charge < -0.3 is 14.8 Å². The van der Waals surface area contributed by atoms with Gasteiger partial charge in [-0.15, -0.1) is 10.2 Å². The van der Waals surface area contributed by atoms with Crippen LogP contribution < -0.4 is 10.6 Å². The van der Waals surface area contributed by atoms with Crippen molar-refractivity contribution in [2.75, 3.05) is 11.9 Å². The molecule has 0 unspecified atom stereocenters. The highest BCUT2D eigenvalue weighted by Crippen LogP contribution is 2.32. The molecule has 0 saturated heterocycles. The van der Waals surface area contributed by atoms with Gasteiger partial charge in [0.05, 0.1) is 12.1 Å². The summed E-state index contributed by atoms with van der Waals surface area (Å²) in [6.45, 7) is -0.0548. The number of hydrogen-bond donors (Lipinski definition) is 3. The van der Waals surface area contributed by atoms with Crippen LogP contribution in [0.25, 0.3) is 21.7 Å². The summed E-state index contributed by atoms with van der Waals surface area (Å²) in [4.78, 5) is 12.2. The Morgan fingerprint density at radius 2 is 2.08 bits per heavy atom. The minimum Gasteiger partial charge on any atom is -0.453 e. The van der Waals surface area contributed by atoms with Crippen LogP contribution in [0.2, 0.25) is 0 Å². The first kappa shape index (κ1) is 16.0. The fourth-order valence-corrected chi connectivity index (χ4v) is 3.90. The number of benzene rings is 1. The Hall–Kier alpha value is -2.45. The SMILES string of the molecule is O=C(Nc1nnc(-c2cc3ccccc3o2)s1)NC1(CO)CCCC1. The second-order valence-electron chi connectivity index (χ2n) is 6.29. The van der Waals surface area contributed by atoms with E-state index >= 15 is 0 Å². The molecule has 0 radical (unpaired) electrons. The van der Waals surface area contributed by atoms with Crippen LogP contribution in [-0.4, -0.2) is 33.5 Å². The van der Waals surface area contributed by atoms with Crippen molar-refractivity contribution < 1.29 is 14.3 Å². The molecule has 2 heterocycles. The Morgan fingerprint density at radius 3 is 2.84 bits per heavy atom. The maximum atomic E-state index is 12.2. The highest BCUT2D eigenvalue weighted by Gasteiger charge is 2.34. The van der Waals surface area contributed by atoms with Gasteiger partial charge in [0.15, 0.2) is 10.8 Å². The van der Waals surface area contributed by atoms with Crippen molar-refractivity contribution in [1.29, 1.82) is 0 Å². The monoisotopic (exact) mass is 358 g/mol. The van der Waals surface area contributed by atoms with Gasteiger partial charge in [-0.25, -0.2) is 4.79 Å². The van der Waals surface area contributed by atoms with Gasteiger partial charge in [0.2, 0.25) is 5.13 Å². The standard InChI is InChI=1S/C17H18N4O3S/c22-10-17(7-3-4-8-17)19-15(23)18-16-21-20-14(25-16)13-9-11-5-1-2-6-12(11)24-13/h1-2,5-6,9,22H,3-4,7-8,10H2,(H2,18,19,21,23). The number of nitrogens with zero attached hydrogens (tertiary/aromatic N) is 2. The molecule has 25 heavy (non-hydrogen) atoms. The van der Waals surface area contributed by atoms with Crippen molar-refractivity contribution in [3.05, 3.63) is 30.3 Å². The summed E-state index contributed by atoms with van der Waals surface area (Å²) in [5.74, 6) is 0.620.